The highest BCUT2D eigenvalue weighted by molar-refractivity contribution is 6.05. The van der Waals surface area contributed by atoms with E-state index in [1.165, 1.54) is 0 Å². The summed E-state index contributed by atoms with van der Waals surface area (Å²) in [4.78, 5) is 29.8. The van der Waals surface area contributed by atoms with Gasteiger partial charge in [-0.3, -0.25) is 9.59 Å². The first-order chi connectivity index (χ1) is 18.1. The van der Waals surface area contributed by atoms with Crippen molar-refractivity contribution in [2.24, 2.45) is 0 Å². The molecule has 1 unspecified atom stereocenters. The van der Waals surface area contributed by atoms with Gasteiger partial charge in [-0.05, 0) is 36.8 Å². The van der Waals surface area contributed by atoms with E-state index in [-0.39, 0.29) is 23.9 Å². The molecule has 0 saturated carbocycles. The third kappa shape index (κ3) is 4.31. The summed E-state index contributed by atoms with van der Waals surface area (Å²) in [6.45, 7) is 2.39. The summed E-state index contributed by atoms with van der Waals surface area (Å²) in [5.41, 5.74) is 2.83. The lowest BCUT2D eigenvalue weighted by molar-refractivity contribution is -0.117. The highest BCUT2D eigenvalue weighted by atomic mass is 16.5. The summed E-state index contributed by atoms with van der Waals surface area (Å²) in [5, 5.41) is 8.92. The quantitative estimate of drug-likeness (QED) is 0.528. The lowest BCUT2D eigenvalue weighted by atomic mass is 10.0. The van der Waals surface area contributed by atoms with Crippen molar-refractivity contribution in [3.05, 3.63) is 65.5 Å². The van der Waals surface area contributed by atoms with Crippen LogP contribution in [0.25, 0.3) is 0 Å². The van der Waals surface area contributed by atoms with Crippen molar-refractivity contribution in [3.63, 3.8) is 0 Å². The molecule has 10 nitrogen and oxygen atoms in total. The molecule has 6 rings (SSSR count). The van der Waals surface area contributed by atoms with E-state index in [4.69, 9.17) is 14.2 Å². The van der Waals surface area contributed by atoms with E-state index < -0.39 is 0 Å². The minimum absolute atomic E-state index is 0.0510. The number of morpholine rings is 1. The number of methoxy groups -OCH3 is 1. The van der Waals surface area contributed by atoms with Gasteiger partial charge in [0.1, 0.15) is 23.2 Å². The highest BCUT2D eigenvalue weighted by Gasteiger charge is 2.35. The van der Waals surface area contributed by atoms with Gasteiger partial charge in [0.25, 0.3) is 5.91 Å². The van der Waals surface area contributed by atoms with Crippen LogP contribution in [0.3, 0.4) is 0 Å². The summed E-state index contributed by atoms with van der Waals surface area (Å²) in [6, 6.07) is 12.6. The topological polar surface area (TPSA) is 99.0 Å². The maximum absolute atomic E-state index is 13.9. The Balaban J connectivity index is 1.29. The van der Waals surface area contributed by atoms with E-state index in [1.807, 2.05) is 47.3 Å². The van der Waals surface area contributed by atoms with Crippen LogP contribution in [0.15, 0.2) is 48.7 Å². The molecule has 4 heterocycles. The van der Waals surface area contributed by atoms with Crippen LogP contribution in [0.1, 0.15) is 53.0 Å². The molecular formula is C27H29N5O5. The zero-order valence-electron chi connectivity index (χ0n) is 20.7. The number of rotatable bonds is 5. The van der Waals surface area contributed by atoms with Gasteiger partial charge in [-0.1, -0.05) is 17.3 Å². The van der Waals surface area contributed by atoms with Gasteiger partial charge in [-0.15, -0.1) is 5.10 Å². The van der Waals surface area contributed by atoms with Gasteiger partial charge < -0.3 is 24.0 Å². The molecule has 3 aliphatic rings. The molecule has 2 fully saturated rings. The van der Waals surface area contributed by atoms with Crippen molar-refractivity contribution in [1.82, 2.24) is 19.9 Å². The Morgan fingerprint density at radius 2 is 2.00 bits per heavy atom. The molecule has 0 bridgehead atoms. The Kier molecular flexibility index (Phi) is 6.25. The number of amides is 2. The first-order valence-electron chi connectivity index (χ1n) is 12.6. The van der Waals surface area contributed by atoms with Crippen molar-refractivity contribution in [2.45, 2.75) is 31.3 Å². The minimum atomic E-state index is -0.387. The van der Waals surface area contributed by atoms with Crippen molar-refractivity contribution in [3.8, 4) is 11.5 Å². The van der Waals surface area contributed by atoms with E-state index in [0.717, 1.165) is 29.9 Å². The molecule has 1 aromatic heterocycles. The smallest absolute Gasteiger partial charge is 0.256 e. The fourth-order valence-corrected chi connectivity index (χ4v) is 5.39. The SMILES string of the molecule is COc1ccc2c(c1)[C@H](n1cc(C3COCCN3C(=O)c3ccccc3N3CCCC3=O)nn1)CCO2. The second kappa shape index (κ2) is 9.85. The monoisotopic (exact) mass is 503 g/mol. The molecule has 2 atom stereocenters. The Bertz CT molecular complexity index is 1320. The van der Waals surface area contributed by atoms with Crippen LogP contribution in [-0.4, -0.2) is 71.7 Å². The summed E-state index contributed by atoms with van der Waals surface area (Å²) >= 11 is 0. The second-order valence-electron chi connectivity index (χ2n) is 9.44. The van der Waals surface area contributed by atoms with Crippen LogP contribution in [0.4, 0.5) is 5.69 Å². The van der Waals surface area contributed by atoms with Crippen LogP contribution < -0.4 is 14.4 Å². The number of anilines is 1. The average Bonchev–Trinajstić information content (AvgIpc) is 3.61. The maximum atomic E-state index is 13.9. The molecule has 192 valence electrons. The molecule has 0 spiro atoms. The summed E-state index contributed by atoms with van der Waals surface area (Å²) < 4.78 is 18.9. The fraction of sp³-hybridized carbons (Fsp3) is 0.407. The minimum Gasteiger partial charge on any atom is -0.497 e. The largest absolute Gasteiger partial charge is 0.497 e. The Morgan fingerprint density at radius 3 is 2.84 bits per heavy atom. The molecule has 0 aliphatic carbocycles. The van der Waals surface area contributed by atoms with Crippen LogP contribution in [0.5, 0.6) is 11.5 Å². The first kappa shape index (κ1) is 23.5. The number of para-hydroxylation sites is 1. The molecule has 3 aliphatic heterocycles. The standard InChI is InChI=1S/C27H29N5O5/c1-35-18-8-9-25-20(15-18)23(10-13-37-25)32-16-21(28-29-32)24-17-36-14-12-31(24)27(34)19-5-2-3-6-22(19)30-11-4-7-26(30)33/h2-3,5-6,8-9,15-16,23-24H,4,7,10-14,17H2,1H3/t23-,24?/m1/s1. The predicted octanol–water partition coefficient (Wildman–Crippen LogP) is 3.00. The number of ether oxygens (including phenoxy) is 3. The molecule has 37 heavy (non-hydrogen) atoms. The number of benzene rings is 2. The molecule has 2 aromatic carbocycles. The lowest BCUT2D eigenvalue weighted by Crippen LogP contribution is -2.44. The van der Waals surface area contributed by atoms with Gasteiger partial charge in [0.05, 0.1) is 50.4 Å². The van der Waals surface area contributed by atoms with Gasteiger partial charge in [-0.25, -0.2) is 4.68 Å². The zero-order valence-corrected chi connectivity index (χ0v) is 20.7. The van der Waals surface area contributed by atoms with E-state index in [1.54, 1.807) is 23.0 Å². The van der Waals surface area contributed by atoms with E-state index in [9.17, 15) is 9.59 Å². The maximum Gasteiger partial charge on any atom is 0.256 e. The van der Waals surface area contributed by atoms with Gasteiger partial charge in [0, 0.05) is 31.5 Å². The summed E-state index contributed by atoms with van der Waals surface area (Å²) in [6.07, 6.45) is 3.94. The normalized spacial score (nSPS) is 21.5. The second-order valence-corrected chi connectivity index (χ2v) is 9.44. The van der Waals surface area contributed by atoms with Crippen molar-refractivity contribution in [2.75, 3.05) is 44.9 Å². The van der Waals surface area contributed by atoms with Crippen LogP contribution in [0, 0.1) is 0 Å². The van der Waals surface area contributed by atoms with E-state index >= 15 is 0 Å². The Hall–Kier alpha value is -3.92. The summed E-state index contributed by atoms with van der Waals surface area (Å²) in [5.74, 6) is 1.47. The zero-order chi connectivity index (χ0) is 25.4. The van der Waals surface area contributed by atoms with Gasteiger partial charge in [0.15, 0.2) is 0 Å². The van der Waals surface area contributed by atoms with E-state index in [2.05, 4.69) is 10.3 Å². The third-order valence-corrected chi connectivity index (χ3v) is 7.30. The van der Waals surface area contributed by atoms with Crippen molar-refractivity contribution < 1.29 is 23.8 Å². The summed E-state index contributed by atoms with van der Waals surface area (Å²) in [7, 11) is 1.64. The molecule has 2 amide bonds. The number of hydrogen-bond donors (Lipinski definition) is 0. The van der Waals surface area contributed by atoms with Crippen LogP contribution in [-0.2, 0) is 9.53 Å². The Morgan fingerprint density at radius 1 is 1.11 bits per heavy atom. The van der Waals surface area contributed by atoms with Gasteiger partial charge >= 0.3 is 0 Å². The number of aromatic nitrogens is 3. The average molecular weight is 504 g/mol. The van der Waals surface area contributed by atoms with Gasteiger partial charge in [0.2, 0.25) is 5.91 Å². The van der Waals surface area contributed by atoms with E-state index in [0.29, 0.717) is 56.3 Å². The van der Waals surface area contributed by atoms with Crippen molar-refractivity contribution in [1.29, 1.82) is 0 Å². The number of nitrogens with zero attached hydrogens (tertiary/aromatic N) is 5. The molecule has 10 heteroatoms. The predicted molar refractivity (Wildman–Crippen MR) is 134 cm³/mol. The molecule has 0 N–H and O–H groups in total. The van der Waals surface area contributed by atoms with Crippen LogP contribution >= 0.6 is 0 Å². The lowest BCUT2D eigenvalue weighted by Gasteiger charge is -2.35. The molecule has 0 radical (unpaired) electrons. The Labute approximate surface area is 214 Å². The molecular weight excluding hydrogens is 474 g/mol. The number of carbonyl (C=O) groups is 2. The number of fused-ring (bicyclic) bond motifs is 1. The first-order valence-corrected chi connectivity index (χ1v) is 12.6. The highest BCUT2D eigenvalue weighted by Crippen LogP contribution is 2.37. The molecule has 2 saturated heterocycles. The molecule has 3 aromatic rings. The third-order valence-electron chi connectivity index (χ3n) is 7.30. The van der Waals surface area contributed by atoms with Crippen LogP contribution in [0.2, 0.25) is 0 Å². The van der Waals surface area contributed by atoms with Gasteiger partial charge in [-0.2, -0.15) is 0 Å². The van der Waals surface area contributed by atoms with Crippen molar-refractivity contribution >= 4 is 17.5 Å². The fourth-order valence-electron chi connectivity index (χ4n) is 5.39. The number of carbonyl (C=O) groups excluding carboxylic acids is 2. The number of hydrogen-bond acceptors (Lipinski definition) is 7.